The van der Waals surface area contributed by atoms with E-state index in [1.54, 1.807) is 0 Å². The molecule has 4 heterocycles. The highest BCUT2D eigenvalue weighted by Gasteiger charge is 2.28. The smallest absolute Gasteiger partial charge is 0.224 e. The predicted molar refractivity (Wildman–Crippen MR) is 112 cm³/mol. The summed E-state index contributed by atoms with van der Waals surface area (Å²) in [7, 11) is 2.13. The fourth-order valence-electron chi connectivity index (χ4n) is 4.64. The maximum atomic E-state index is 13.0. The molecule has 0 bridgehead atoms. The Kier molecular flexibility index (Phi) is 5.67. The van der Waals surface area contributed by atoms with Crippen LogP contribution in [0.2, 0.25) is 0 Å². The van der Waals surface area contributed by atoms with Gasteiger partial charge in [0, 0.05) is 68.1 Å². The van der Waals surface area contributed by atoms with Crippen LogP contribution >= 0.6 is 0 Å². The minimum atomic E-state index is 0.0635. The summed E-state index contributed by atoms with van der Waals surface area (Å²) in [5, 5.41) is 4.54. The van der Waals surface area contributed by atoms with Gasteiger partial charge in [0.25, 0.3) is 0 Å². The number of fused-ring (bicyclic) bond motifs is 1. The lowest BCUT2D eigenvalue weighted by atomic mass is 9.96. The molecular weight excluding hydrogens is 364 g/mol. The lowest BCUT2D eigenvalue weighted by Gasteiger charge is -2.33. The molecule has 1 fully saturated rings. The van der Waals surface area contributed by atoms with Gasteiger partial charge in [0.1, 0.15) is 5.82 Å². The van der Waals surface area contributed by atoms with Crippen LogP contribution < -0.4 is 0 Å². The van der Waals surface area contributed by atoms with Gasteiger partial charge in [0.15, 0.2) is 0 Å². The van der Waals surface area contributed by atoms with Crippen LogP contribution in [-0.2, 0) is 17.8 Å². The van der Waals surface area contributed by atoms with Crippen molar-refractivity contribution >= 4 is 5.91 Å². The third kappa shape index (κ3) is 4.34. The van der Waals surface area contributed by atoms with Crippen molar-refractivity contribution in [3.63, 3.8) is 0 Å². The summed E-state index contributed by atoms with van der Waals surface area (Å²) in [6, 6.07) is 2.12. The van der Waals surface area contributed by atoms with Crippen LogP contribution in [0, 0.1) is 13.8 Å². The molecule has 156 valence electrons. The first-order valence-corrected chi connectivity index (χ1v) is 10.7. The van der Waals surface area contributed by atoms with E-state index in [9.17, 15) is 4.79 Å². The summed E-state index contributed by atoms with van der Waals surface area (Å²) < 4.78 is 1.97. The summed E-state index contributed by atoms with van der Waals surface area (Å²) in [5.41, 5.74) is 4.53. The predicted octanol–water partition coefficient (Wildman–Crippen LogP) is 2.64. The van der Waals surface area contributed by atoms with Gasteiger partial charge in [-0.25, -0.2) is 9.97 Å². The normalized spacial score (nSPS) is 21.1. The fraction of sp³-hybridized carbons (Fsp3) is 0.636. The lowest BCUT2D eigenvalue weighted by Crippen LogP contribution is -2.40. The molecule has 0 saturated carbocycles. The van der Waals surface area contributed by atoms with Crippen molar-refractivity contribution in [3.05, 3.63) is 40.7 Å². The standard InChI is InChI=1S/C22H32N6O/c1-15-10-16(2)28(25-15)17(3)11-21(29)27-8-5-6-18(14-27)22-23-12-19-13-26(4)9-7-20(19)24-22/h10,12,17-18H,5-9,11,13-14H2,1-4H3. The van der Waals surface area contributed by atoms with E-state index in [-0.39, 0.29) is 17.9 Å². The summed E-state index contributed by atoms with van der Waals surface area (Å²) in [4.78, 5) is 26.9. The minimum absolute atomic E-state index is 0.0635. The van der Waals surface area contributed by atoms with E-state index in [2.05, 4.69) is 35.0 Å². The van der Waals surface area contributed by atoms with Crippen molar-refractivity contribution in [2.24, 2.45) is 0 Å². The van der Waals surface area contributed by atoms with Gasteiger partial charge in [-0.1, -0.05) is 0 Å². The van der Waals surface area contributed by atoms with Crippen LogP contribution in [0.1, 0.15) is 66.6 Å². The van der Waals surface area contributed by atoms with Crippen molar-refractivity contribution in [2.45, 2.75) is 65.0 Å². The number of likely N-dealkylation sites (tertiary alicyclic amines) is 1. The van der Waals surface area contributed by atoms with Gasteiger partial charge >= 0.3 is 0 Å². The highest BCUT2D eigenvalue weighted by atomic mass is 16.2. The van der Waals surface area contributed by atoms with Crippen LogP contribution in [0.3, 0.4) is 0 Å². The van der Waals surface area contributed by atoms with E-state index in [1.807, 2.05) is 29.6 Å². The van der Waals surface area contributed by atoms with Crippen LogP contribution in [-0.4, -0.2) is 62.1 Å². The molecular formula is C22H32N6O. The van der Waals surface area contributed by atoms with E-state index < -0.39 is 0 Å². The number of amides is 1. The third-order valence-electron chi connectivity index (χ3n) is 6.21. The zero-order chi connectivity index (χ0) is 20.5. The van der Waals surface area contributed by atoms with Crippen molar-refractivity contribution in [1.29, 1.82) is 0 Å². The molecule has 4 rings (SSSR count). The second-order valence-electron chi connectivity index (χ2n) is 8.79. The Labute approximate surface area is 173 Å². The van der Waals surface area contributed by atoms with E-state index >= 15 is 0 Å². The molecule has 0 radical (unpaired) electrons. The topological polar surface area (TPSA) is 67.2 Å². The van der Waals surface area contributed by atoms with Gasteiger partial charge in [-0.3, -0.25) is 9.48 Å². The fourth-order valence-corrected chi connectivity index (χ4v) is 4.64. The Morgan fingerprint density at radius 1 is 1.31 bits per heavy atom. The molecule has 2 aliphatic rings. The molecule has 1 saturated heterocycles. The number of hydrogen-bond acceptors (Lipinski definition) is 5. The van der Waals surface area contributed by atoms with Crippen molar-refractivity contribution in [3.8, 4) is 0 Å². The van der Waals surface area contributed by atoms with Crippen molar-refractivity contribution in [1.82, 2.24) is 29.5 Å². The lowest BCUT2D eigenvalue weighted by molar-refractivity contribution is -0.133. The Morgan fingerprint density at radius 2 is 2.14 bits per heavy atom. The molecule has 1 amide bonds. The number of carbonyl (C=O) groups excluding carboxylic acids is 1. The molecule has 7 nitrogen and oxygen atoms in total. The zero-order valence-corrected chi connectivity index (χ0v) is 18.1. The number of carbonyl (C=O) groups is 1. The molecule has 2 aliphatic heterocycles. The average molecular weight is 397 g/mol. The van der Waals surface area contributed by atoms with Crippen LogP contribution in [0.5, 0.6) is 0 Å². The van der Waals surface area contributed by atoms with Crippen LogP contribution in [0.4, 0.5) is 0 Å². The van der Waals surface area contributed by atoms with E-state index in [0.29, 0.717) is 6.42 Å². The summed E-state index contributed by atoms with van der Waals surface area (Å²) in [6.45, 7) is 9.63. The molecule has 29 heavy (non-hydrogen) atoms. The molecule has 0 aromatic carbocycles. The zero-order valence-electron chi connectivity index (χ0n) is 18.1. The quantitative estimate of drug-likeness (QED) is 0.795. The number of rotatable bonds is 4. The largest absolute Gasteiger partial charge is 0.342 e. The Morgan fingerprint density at radius 3 is 2.90 bits per heavy atom. The maximum absolute atomic E-state index is 13.0. The van der Waals surface area contributed by atoms with Crippen molar-refractivity contribution in [2.75, 3.05) is 26.7 Å². The number of piperidine rings is 1. The molecule has 0 spiro atoms. The number of likely N-dealkylation sites (N-methyl/N-ethyl adjacent to an activating group) is 1. The van der Waals surface area contributed by atoms with Gasteiger partial charge in [-0.2, -0.15) is 5.10 Å². The molecule has 0 aliphatic carbocycles. The van der Waals surface area contributed by atoms with Gasteiger partial charge in [-0.05, 0) is 46.7 Å². The Hall–Kier alpha value is -2.28. The van der Waals surface area contributed by atoms with Gasteiger partial charge in [0.2, 0.25) is 5.91 Å². The molecule has 2 unspecified atom stereocenters. The number of nitrogens with zero attached hydrogens (tertiary/aromatic N) is 6. The Bertz CT molecular complexity index is 891. The second-order valence-corrected chi connectivity index (χ2v) is 8.79. The highest BCUT2D eigenvalue weighted by Crippen LogP contribution is 2.27. The van der Waals surface area contributed by atoms with Gasteiger partial charge in [0.05, 0.1) is 11.7 Å². The van der Waals surface area contributed by atoms with Crippen LogP contribution in [0.15, 0.2) is 12.3 Å². The number of aryl methyl sites for hydroxylation is 2. The number of hydrogen-bond donors (Lipinski definition) is 0. The molecule has 2 aromatic heterocycles. The molecule has 0 N–H and O–H groups in total. The molecule has 2 atom stereocenters. The average Bonchev–Trinajstić information content (AvgIpc) is 3.05. The summed E-state index contributed by atoms with van der Waals surface area (Å²) >= 11 is 0. The first kappa shape index (κ1) is 20.0. The van der Waals surface area contributed by atoms with E-state index in [0.717, 1.165) is 62.7 Å². The summed E-state index contributed by atoms with van der Waals surface area (Å²) in [6.07, 6.45) is 5.52. The van der Waals surface area contributed by atoms with E-state index in [4.69, 9.17) is 4.98 Å². The second kappa shape index (κ2) is 8.22. The molecule has 7 heteroatoms. The van der Waals surface area contributed by atoms with Crippen molar-refractivity contribution < 1.29 is 4.79 Å². The monoisotopic (exact) mass is 396 g/mol. The SMILES string of the molecule is Cc1cc(C)n(C(C)CC(=O)N2CCCC(c3ncc4c(n3)CCN(C)C4)C2)n1. The first-order chi connectivity index (χ1) is 13.9. The first-order valence-electron chi connectivity index (χ1n) is 10.7. The number of aromatic nitrogens is 4. The van der Waals surface area contributed by atoms with Crippen LogP contribution in [0.25, 0.3) is 0 Å². The molecule has 2 aromatic rings. The Balaban J connectivity index is 1.41. The summed E-state index contributed by atoms with van der Waals surface area (Å²) in [5.74, 6) is 1.35. The minimum Gasteiger partial charge on any atom is -0.342 e. The third-order valence-corrected chi connectivity index (χ3v) is 6.21. The van der Waals surface area contributed by atoms with E-state index in [1.165, 1.54) is 11.3 Å². The van der Waals surface area contributed by atoms with Gasteiger partial charge < -0.3 is 9.80 Å². The van der Waals surface area contributed by atoms with Gasteiger partial charge in [-0.15, -0.1) is 0 Å². The highest BCUT2D eigenvalue weighted by molar-refractivity contribution is 5.76. The maximum Gasteiger partial charge on any atom is 0.224 e.